The summed E-state index contributed by atoms with van der Waals surface area (Å²) in [5, 5.41) is 3.47. The molecule has 0 spiro atoms. The number of rotatable bonds is 2. The summed E-state index contributed by atoms with van der Waals surface area (Å²) in [7, 11) is 0. The van der Waals surface area contributed by atoms with Crippen molar-refractivity contribution >= 4 is 21.7 Å². The van der Waals surface area contributed by atoms with Crippen molar-refractivity contribution < 1.29 is 9.32 Å². The number of fused-ring (bicyclic) bond motifs is 3. The van der Waals surface area contributed by atoms with E-state index in [1.165, 1.54) is 36.7 Å². The fourth-order valence-corrected chi connectivity index (χ4v) is 3.48. The van der Waals surface area contributed by atoms with E-state index >= 15 is 0 Å². The van der Waals surface area contributed by atoms with Gasteiger partial charge in [0, 0.05) is 29.9 Å². The second-order valence-electron chi connectivity index (χ2n) is 5.88. The Morgan fingerprint density at radius 3 is 2.71 bits per heavy atom. The van der Waals surface area contributed by atoms with Gasteiger partial charge in [0.1, 0.15) is 12.1 Å². The fourth-order valence-electron chi connectivity index (χ4n) is 3.48. The van der Waals surface area contributed by atoms with Gasteiger partial charge in [-0.05, 0) is 16.8 Å². The van der Waals surface area contributed by atoms with Crippen LogP contribution in [0.25, 0.3) is 21.7 Å². The summed E-state index contributed by atoms with van der Waals surface area (Å²) >= 11 is 0. The largest absolute Gasteiger partial charge is 0.423 e. The van der Waals surface area contributed by atoms with E-state index in [0.29, 0.717) is 5.58 Å². The van der Waals surface area contributed by atoms with Crippen LogP contribution in [-0.2, 0) is 6.54 Å². The van der Waals surface area contributed by atoms with Crippen molar-refractivity contribution in [3.8, 4) is 0 Å². The lowest BCUT2D eigenvalue weighted by molar-refractivity contribution is -0.901. The molecular formula is C18H18NO2+. The summed E-state index contributed by atoms with van der Waals surface area (Å²) in [6, 6.07) is 13.9. The van der Waals surface area contributed by atoms with E-state index in [1.54, 1.807) is 11.0 Å². The number of quaternary nitrogens is 1. The number of benzene rings is 2. The second-order valence-corrected chi connectivity index (χ2v) is 5.88. The third-order valence-corrected chi connectivity index (χ3v) is 4.47. The standard InChI is InChI=1S/C18H17NO2/c20-17-11-14(12-19-9-3-4-10-19)18-15-6-2-1-5-13(15)7-8-16(18)21-17/h1-2,5-8,11H,3-4,9-10,12H2/p+1. The summed E-state index contributed by atoms with van der Waals surface area (Å²) in [6.07, 6.45) is 2.57. The third-order valence-electron chi connectivity index (χ3n) is 4.47. The molecule has 3 aromatic rings. The van der Waals surface area contributed by atoms with Crippen molar-refractivity contribution in [3.63, 3.8) is 0 Å². The van der Waals surface area contributed by atoms with Gasteiger partial charge < -0.3 is 9.32 Å². The minimum absolute atomic E-state index is 0.244. The average molecular weight is 280 g/mol. The minimum atomic E-state index is -0.244. The number of hydrogen-bond donors (Lipinski definition) is 1. The molecule has 3 nitrogen and oxygen atoms in total. The Morgan fingerprint density at radius 1 is 1.05 bits per heavy atom. The predicted molar refractivity (Wildman–Crippen MR) is 83.6 cm³/mol. The van der Waals surface area contributed by atoms with E-state index in [4.69, 9.17) is 4.42 Å². The Kier molecular flexibility index (Phi) is 3.00. The highest BCUT2D eigenvalue weighted by Crippen LogP contribution is 2.27. The summed E-state index contributed by atoms with van der Waals surface area (Å²) in [5.41, 5.74) is 1.58. The van der Waals surface area contributed by atoms with Gasteiger partial charge in [0.2, 0.25) is 0 Å². The van der Waals surface area contributed by atoms with E-state index in [2.05, 4.69) is 12.1 Å². The molecular weight excluding hydrogens is 262 g/mol. The van der Waals surface area contributed by atoms with E-state index < -0.39 is 0 Å². The normalized spacial score (nSPS) is 16.0. The Bertz CT molecular complexity index is 860. The average Bonchev–Trinajstić information content (AvgIpc) is 2.99. The van der Waals surface area contributed by atoms with E-state index in [0.717, 1.165) is 17.5 Å². The van der Waals surface area contributed by atoms with Gasteiger partial charge in [0.25, 0.3) is 0 Å². The zero-order valence-electron chi connectivity index (χ0n) is 11.9. The lowest BCUT2D eigenvalue weighted by Gasteiger charge is -2.14. The highest BCUT2D eigenvalue weighted by Gasteiger charge is 2.18. The Labute approximate surface area is 122 Å². The Morgan fingerprint density at radius 2 is 1.86 bits per heavy atom. The SMILES string of the molecule is O=c1cc(C[NH+]2CCCC2)c2c(ccc3ccccc32)o1. The molecule has 0 aliphatic carbocycles. The van der Waals surface area contributed by atoms with Crippen LogP contribution in [0.5, 0.6) is 0 Å². The molecule has 0 saturated carbocycles. The molecule has 21 heavy (non-hydrogen) atoms. The van der Waals surface area contributed by atoms with Crippen molar-refractivity contribution in [2.24, 2.45) is 0 Å². The highest BCUT2D eigenvalue weighted by atomic mass is 16.4. The lowest BCUT2D eigenvalue weighted by atomic mass is 10.0. The van der Waals surface area contributed by atoms with Gasteiger partial charge in [-0.3, -0.25) is 0 Å². The van der Waals surface area contributed by atoms with E-state index in [1.807, 2.05) is 24.3 Å². The molecule has 1 aromatic heterocycles. The third kappa shape index (κ3) is 2.24. The van der Waals surface area contributed by atoms with Crippen molar-refractivity contribution in [3.05, 3.63) is 58.4 Å². The fraction of sp³-hybridized carbons (Fsp3) is 0.278. The summed E-state index contributed by atoms with van der Waals surface area (Å²) in [4.78, 5) is 13.4. The first kappa shape index (κ1) is 12.6. The Balaban J connectivity index is 1.98. The Hall–Kier alpha value is -2.13. The number of nitrogens with one attached hydrogen (secondary N) is 1. The molecule has 0 bridgehead atoms. The topological polar surface area (TPSA) is 34.7 Å². The predicted octanol–water partition coefficient (Wildman–Crippen LogP) is 2.12. The summed E-state index contributed by atoms with van der Waals surface area (Å²) in [5.74, 6) is 0. The lowest BCUT2D eigenvalue weighted by Crippen LogP contribution is -3.08. The van der Waals surface area contributed by atoms with Gasteiger partial charge >= 0.3 is 5.63 Å². The molecule has 106 valence electrons. The van der Waals surface area contributed by atoms with Crippen LogP contribution >= 0.6 is 0 Å². The quantitative estimate of drug-likeness (QED) is 0.576. The zero-order valence-corrected chi connectivity index (χ0v) is 11.9. The van der Waals surface area contributed by atoms with Crippen molar-refractivity contribution in [2.45, 2.75) is 19.4 Å². The molecule has 0 amide bonds. The van der Waals surface area contributed by atoms with Crippen molar-refractivity contribution in [1.82, 2.24) is 0 Å². The van der Waals surface area contributed by atoms with Crippen LogP contribution in [-0.4, -0.2) is 13.1 Å². The number of likely N-dealkylation sites (tertiary alicyclic amines) is 1. The van der Waals surface area contributed by atoms with Gasteiger partial charge in [-0.15, -0.1) is 0 Å². The van der Waals surface area contributed by atoms with Crippen LogP contribution in [0.4, 0.5) is 0 Å². The van der Waals surface area contributed by atoms with Crippen LogP contribution < -0.4 is 10.5 Å². The maximum atomic E-state index is 11.8. The molecule has 0 unspecified atom stereocenters. The van der Waals surface area contributed by atoms with Crippen LogP contribution in [0, 0.1) is 0 Å². The van der Waals surface area contributed by atoms with Crippen LogP contribution in [0.2, 0.25) is 0 Å². The van der Waals surface area contributed by atoms with Gasteiger partial charge in [-0.1, -0.05) is 30.3 Å². The summed E-state index contributed by atoms with van der Waals surface area (Å²) < 4.78 is 5.41. The molecule has 0 radical (unpaired) electrons. The van der Waals surface area contributed by atoms with E-state index in [9.17, 15) is 4.79 Å². The van der Waals surface area contributed by atoms with Crippen LogP contribution in [0.15, 0.2) is 51.7 Å². The molecule has 1 aliphatic heterocycles. The monoisotopic (exact) mass is 280 g/mol. The molecule has 2 heterocycles. The van der Waals surface area contributed by atoms with E-state index in [-0.39, 0.29) is 5.63 Å². The molecule has 3 heteroatoms. The first-order valence-electron chi connectivity index (χ1n) is 7.59. The van der Waals surface area contributed by atoms with Gasteiger partial charge in [0.05, 0.1) is 13.1 Å². The maximum Gasteiger partial charge on any atom is 0.336 e. The molecule has 1 N–H and O–H groups in total. The van der Waals surface area contributed by atoms with Gasteiger partial charge in [0.15, 0.2) is 0 Å². The molecule has 4 rings (SSSR count). The van der Waals surface area contributed by atoms with Crippen LogP contribution in [0.3, 0.4) is 0 Å². The van der Waals surface area contributed by atoms with Crippen molar-refractivity contribution in [2.75, 3.05) is 13.1 Å². The highest BCUT2D eigenvalue weighted by molar-refractivity contribution is 6.06. The van der Waals surface area contributed by atoms with Gasteiger partial charge in [-0.2, -0.15) is 0 Å². The van der Waals surface area contributed by atoms with Crippen LogP contribution in [0.1, 0.15) is 18.4 Å². The van der Waals surface area contributed by atoms with Gasteiger partial charge in [-0.25, -0.2) is 4.79 Å². The molecule has 1 saturated heterocycles. The van der Waals surface area contributed by atoms with Crippen molar-refractivity contribution in [1.29, 1.82) is 0 Å². The summed E-state index contributed by atoms with van der Waals surface area (Å²) in [6.45, 7) is 3.31. The first-order valence-corrected chi connectivity index (χ1v) is 7.59. The zero-order chi connectivity index (χ0) is 14.2. The molecule has 1 fully saturated rings. The minimum Gasteiger partial charge on any atom is -0.423 e. The molecule has 2 aromatic carbocycles. The number of hydrogen-bond acceptors (Lipinski definition) is 2. The second kappa shape index (κ2) is 5.01. The first-order chi connectivity index (χ1) is 10.3. The molecule has 1 aliphatic rings. The smallest absolute Gasteiger partial charge is 0.336 e. The molecule has 0 atom stereocenters. The maximum absolute atomic E-state index is 11.8.